The Bertz CT molecular complexity index is 805. The second kappa shape index (κ2) is 7.91. The van der Waals surface area contributed by atoms with E-state index in [9.17, 15) is 9.59 Å². The molecule has 3 rings (SSSR count). The van der Waals surface area contributed by atoms with Gasteiger partial charge in [0.1, 0.15) is 11.4 Å². The third-order valence-electron chi connectivity index (χ3n) is 4.35. The molecular formula is C20H23N3O3. The first-order valence-electron chi connectivity index (χ1n) is 8.74. The molecule has 0 saturated carbocycles. The van der Waals surface area contributed by atoms with Crippen LogP contribution in [0.2, 0.25) is 0 Å². The minimum absolute atomic E-state index is 0.195. The number of benzene rings is 2. The lowest BCUT2D eigenvalue weighted by Crippen LogP contribution is -2.22. The third kappa shape index (κ3) is 4.14. The zero-order chi connectivity index (χ0) is 18.5. The van der Waals surface area contributed by atoms with Crippen molar-refractivity contribution in [3.8, 4) is 5.75 Å². The maximum atomic E-state index is 12.6. The van der Waals surface area contributed by atoms with Crippen LogP contribution < -0.4 is 21.1 Å². The first kappa shape index (κ1) is 17.8. The van der Waals surface area contributed by atoms with Crippen LogP contribution in [-0.2, 0) is 11.2 Å². The van der Waals surface area contributed by atoms with Crippen LogP contribution in [0.25, 0.3) is 0 Å². The van der Waals surface area contributed by atoms with E-state index in [1.165, 1.54) is 0 Å². The van der Waals surface area contributed by atoms with Gasteiger partial charge in [-0.2, -0.15) is 0 Å². The molecule has 0 aliphatic carbocycles. The number of hydrogen-bond acceptors (Lipinski definition) is 4. The van der Waals surface area contributed by atoms with E-state index in [0.29, 0.717) is 30.0 Å². The lowest BCUT2D eigenvalue weighted by atomic mass is 9.99. The molecule has 1 aliphatic heterocycles. The molecule has 1 heterocycles. The molecule has 1 aliphatic rings. The second-order valence-corrected chi connectivity index (χ2v) is 6.47. The monoisotopic (exact) mass is 353 g/mol. The average Bonchev–Trinajstić information content (AvgIpc) is 2.88. The van der Waals surface area contributed by atoms with Gasteiger partial charge in [-0.1, -0.05) is 25.1 Å². The molecule has 2 amide bonds. The minimum Gasteiger partial charge on any atom is -0.491 e. The van der Waals surface area contributed by atoms with Crippen molar-refractivity contribution in [3.63, 3.8) is 0 Å². The van der Waals surface area contributed by atoms with E-state index in [-0.39, 0.29) is 17.7 Å². The topological polar surface area (TPSA) is 93.4 Å². The zero-order valence-corrected chi connectivity index (χ0v) is 14.7. The van der Waals surface area contributed by atoms with E-state index in [0.717, 1.165) is 24.2 Å². The zero-order valence-electron chi connectivity index (χ0n) is 14.7. The van der Waals surface area contributed by atoms with Gasteiger partial charge in [0.2, 0.25) is 5.91 Å². The molecule has 0 aromatic heterocycles. The maximum Gasteiger partial charge on any atom is 0.255 e. The summed E-state index contributed by atoms with van der Waals surface area (Å²) >= 11 is 0. The molecule has 2 aromatic rings. The molecule has 0 spiro atoms. The van der Waals surface area contributed by atoms with Crippen LogP contribution in [0, 0.1) is 5.92 Å². The van der Waals surface area contributed by atoms with Gasteiger partial charge in [-0.15, -0.1) is 0 Å². The summed E-state index contributed by atoms with van der Waals surface area (Å²) in [5.74, 6) is -0.169. The summed E-state index contributed by atoms with van der Waals surface area (Å²) < 4.78 is 5.83. The number of nitrogens with two attached hydrogens (primary N) is 1. The van der Waals surface area contributed by atoms with E-state index in [4.69, 9.17) is 10.5 Å². The van der Waals surface area contributed by atoms with Crippen molar-refractivity contribution in [2.75, 3.05) is 23.8 Å². The highest BCUT2D eigenvalue weighted by atomic mass is 16.5. The van der Waals surface area contributed by atoms with Gasteiger partial charge in [0.25, 0.3) is 5.91 Å². The van der Waals surface area contributed by atoms with Gasteiger partial charge in [-0.05, 0) is 42.7 Å². The smallest absolute Gasteiger partial charge is 0.255 e. The Labute approximate surface area is 152 Å². The SMILES string of the molecule is C[C@H](Cc1cc(NC(=O)c2ccccc2)c2c(c1)OCCCN2)C(N)=O. The Hall–Kier alpha value is -3.02. The number of ether oxygens (including phenoxy) is 1. The van der Waals surface area contributed by atoms with Gasteiger partial charge in [-0.25, -0.2) is 0 Å². The maximum absolute atomic E-state index is 12.6. The highest BCUT2D eigenvalue weighted by Crippen LogP contribution is 2.37. The standard InChI is InChI=1S/C20H23N3O3/c1-13(19(21)24)10-14-11-16(18-17(12-14)26-9-5-8-22-18)23-20(25)15-6-3-2-4-7-15/h2-4,6-7,11-13,22H,5,8-10H2,1H3,(H2,21,24)(H,23,25)/t13-/m1/s1. The highest BCUT2D eigenvalue weighted by Gasteiger charge is 2.19. The van der Waals surface area contributed by atoms with Gasteiger partial charge >= 0.3 is 0 Å². The first-order chi connectivity index (χ1) is 12.5. The minimum atomic E-state index is -0.353. The van der Waals surface area contributed by atoms with Crippen LogP contribution in [0.5, 0.6) is 5.75 Å². The molecule has 0 radical (unpaired) electrons. The molecule has 1 atom stereocenters. The third-order valence-corrected chi connectivity index (χ3v) is 4.35. The summed E-state index contributed by atoms with van der Waals surface area (Å²) in [6, 6.07) is 12.8. The fourth-order valence-corrected chi connectivity index (χ4v) is 2.89. The van der Waals surface area contributed by atoms with Gasteiger partial charge in [0.05, 0.1) is 12.3 Å². The highest BCUT2D eigenvalue weighted by molar-refractivity contribution is 6.06. The Balaban J connectivity index is 1.93. The van der Waals surface area contributed by atoms with Crippen LogP contribution in [0.3, 0.4) is 0 Å². The van der Waals surface area contributed by atoms with Crippen LogP contribution in [0.1, 0.15) is 29.3 Å². The van der Waals surface area contributed by atoms with Crippen molar-refractivity contribution >= 4 is 23.2 Å². The molecule has 0 unspecified atom stereocenters. The number of anilines is 2. The molecular weight excluding hydrogens is 330 g/mol. The number of nitrogens with one attached hydrogen (secondary N) is 2. The van der Waals surface area contributed by atoms with Crippen LogP contribution in [0.15, 0.2) is 42.5 Å². The van der Waals surface area contributed by atoms with Crippen LogP contribution in [-0.4, -0.2) is 25.0 Å². The van der Waals surface area contributed by atoms with E-state index in [2.05, 4.69) is 10.6 Å². The molecule has 6 nitrogen and oxygen atoms in total. The van der Waals surface area contributed by atoms with E-state index in [1.807, 2.05) is 30.3 Å². The van der Waals surface area contributed by atoms with Gasteiger partial charge in [0.15, 0.2) is 0 Å². The van der Waals surface area contributed by atoms with Gasteiger partial charge < -0.3 is 21.1 Å². The van der Waals surface area contributed by atoms with Crippen molar-refractivity contribution in [2.45, 2.75) is 19.8 Å². The lowest BCUT2D eigenvalue weighted by Gasteiger charge is -2.17. The van der Waals surface area contributed by atoms with Gasteiger partial charge in [-0.3, -0.25) is 9.59 Å². The molecule has 0 saturated heterocycles. The van der Waals surface area contributed by atoms with Crippen molar-refractivity contribution < 1.29 is 14.3 Å². The summed E-state index contributed by atoms with van der Waals surface area (Å²) in [4.78, 5) is 24.0. The van der Waals surface area contributed by atoms with Crippen molar-refractivity contribution in [1.29, 1.82) is 0 Å². The Morgan fingerprint density at radius 3 is 2.77 bits per heavy atom. The summed E-state index contributed by atoms with van der Waals surface area (Å²) in [6.07, 6.45) is 1.36. The molecule has 0 fully saturated rings. The number of primary amides is 1. The largest absolute Gasteiger partial charge is 0.491 e. The predicted octanol–water partition coefficient (Wildman–Crippen LogP) is 2.80. The quantitative estimate of drug-likeness (QED) is 0.770. The molecule has 4 N–H and O–H groups in total. The average molecular weight is 353 g/mol. The van der Waals surface area contributed by atoms with Crippen LogP contribution >= 0.6 is 0 Å². The van der Waals surface area contributed by atoms with E-state index in [1.54, 1.807) is 19.1 Å². The number of carbonyl (C=O) groups excluding carboxylic acids is 2. The number of hydrogen-bond donors (Lipinski definition) is 3. The Kier molecular flexibility index (Phi) is 5.41. The van der Waals surface area contributed by atoms with Crippen molar-refractivity contribution in [1.82, 2.24) is 0 Å². The summed E-state index contributed by atoms with van der Waals surface area (Å²) in [5, 5.41) is 6.28. The summed E-state index contributed by atoms with van der Waals surface area (Å²) in [5.41, 5.74) is 8.27. The van der Waals surface area contributed by atoms with E-state index < -0.39 is 0 Å². The number of amides is 2. The molecule has 0 bridgehead atoms. The van der Waals surface area contributed by atoms with Crippen molar-refractivity contribution in [3.05, 3.63) is 53.6 Å². The fourth-order valence-electron chi connectivity index (χ4n) is 2.89. The molecule has 26 heavy (non-hydrogen) atoms. The first-order valence-corrected chi connectivity index (χ1v) is 8.74. The summed E-state index contributed by atoms with van der Waals surface area (Å²) in [7, 11) is 0. The lowest BCUT2D eigenvalue weighted by molar-refractivity contribution is -0.121. The van der Waals surface area contributed by atoms with Gasteiger partial charge in [0, 0.05) is 18.0 Å². The molecule has 6 heteroatoms. The van der Waals surface area contributed by atoms with Crippen molar-refractivity contribution in [2.24, 2.45) is 11.7 Å². The second-order valence-electron chi connectivity index (χ2n) is 6.47. The molecule has 2 aromatic carbocycles. The fraction of sp³-hybridized carbons (Fsp3) is 0.300. The predicted molar refractivity (Wildman–Crippen MR) is 102 cm³/mol. The van der Waals surface area contributed by atoms with Crippen LogP contribution in [0.4, 0.5) is 11.4 Å². The molecule has 136 valence electrons. The normalized spacial score (nSPS) is 14.2. The van der Waals surface area contributed by atoms with E-state index >= 15 is 0 Å². The Morgan fingerprint density at radius 1 is 1.27 bits per heavy atom. The number of rotatable bonds is 5. The summed E-state index contributed by atoms with van der Waals surface area (Å²) in [6.45, 7) is 3.15. The number of carbonyl (C=O) groups is 2. The number of fused-ring (bicyclic) bond motifs is 1. The Morgan fingerprint density at radius 2 is 2.04 bits per heavy atom.